The summed E-state index contributed by atoms with van der Waals surface area (Å²) in [7, 11) is 1.91. The van der Waals surface area contributed by atoms with Gasteiger partial charge in [-0.1, -0.05) is 18.2 Å². The Labute approximate surface area is 62.5 Å². The Morgan fingerprint density at radius 2 is 1.67 bits per heavy atom. The van der Waals surface area contributed by atoms with E-state index in [0.29, 0.717) is 0 Å². The molecule has 1 aromatic carbocycles. The molecule has 0 saturated heterocycles. The molecule has 0 atom stereocenters. The Kier molecular flexibility index (Phi) is 3.97. The van der Waals surface area contributed by atoms with E-state index in [0.717, 1.165) is 5.69 Å². The van der Waals surface area contributed by atoms with Crippen molar-refractivity contribution in [2.24, 2.45) is 0 Å². The fourth-order valence-electron chi connectivity index (χ4n) is 0.605. The standard InChI is InChI=1S/C7H9N.H2S/c1-8-7-5-3-2-4-6-7;/h2-6,8H,1H3;1H2. The summed E-state index contributed by atoms with van der Waals surface area (Å²) in [5, 5.41) is 3.03. The summed E-state index contributed by atoms with van der Waals surface area (Å²) >= 11 is 0. The van der Waals surface area contributed by atoms with Crippen LogP contribution in [-0.2, 0) is 0 Å². The van der Waals surface area contributed by atoms with Crippen LogP contribution in [0.15, 0.2) is 30.3 Å². The number of rotatable bonds is 1. The highest BCUT2D eigenvalue weighted by atomic mass is 32.1. The van der Waals surface area contributed by atoms with Crippen LogP contribution >= 0.6 is 13.5 Å². The average molecular weight is 141 g/mol. The van der Waals surface area contributed by atoms with E-state index in [-0.39, 0.29) is 13.5 Å². The van der Waals surface area contributed by atoms with Gasteiger partial charge >= 0.3 is 0 Å². The molecule has 9 heavy (non-hydrogen) atoms. The van der Waals surface area contributed by atoms with Crippen molar-refractivity contribution in [3.63, 3.8) is 0 Å². The molecule has 0 fully saturated rings. The van der Waals surface area contributed by atoms with Crippen LogP contribution in [0.5, 0.6) is 0 Å². The average Bonchev–Trinajstić information content (AvgIpc) is 1.90. The molecule has 0 unspecified atom stereocenters. The predicted molar refractivity (Wildman–Crippen MR) is 46.4 cm³/mol. The van der Waals surface area contributed by atoms with Gasteiger partial charge in [0.25, 0.3) is 0 Å². The molecular formula is C7H11NS. The molecule has 0 amide bonds. The first-order valence-electron chi connectivity index (χ1n) is 2.66. The molecule has 1 nitrogen and oxygen atoms in total. The fraction of sp³-hybridized carbons (Fsp3) is 0.143. The highest BCUT2D eigenvalue weighted by Crippen LogP contribution is 2.01. The van der Waals surface area contributed by atoms with Crippen molar-refractivity contribution in [3.05, 3.63) is 30.3 Å². The first-order valence-corrected chi connectivity index (χ1v) is 2.66. The number of para-hydroxylation sites is 1. The molecular weight excluding hydrogens is 130 g/mol. The van der Waals surface area contributed by atoms with E-state index in [1.54, 1.807) is 0 Å². The Balaban J connectivity index is 0.000000640. The van der Waals surface area contributed by atoms with Crippen molar-refractivity contribution in [3.8, 4) is 0 Å². The van der Waals surface area contributed by atoms with Gasteiger partial charge in [-0.2, -0.15) is 13.5 Å². The van der Waals surface area contributed by atoms with Crippen molar-refractivity contribution in [1.82, 2.24) is 0 Å². The van der Waals surface area contributed by atoms with Crippen LogP contribution < -0.4 is 5.32 Å². The lowest BCUT2D eigenvalue weighted by atomic mass is 10.3. The maximum Gasteiger partial charge on any atom is 0.0337 e. The molecule has 0 radical (unpaired) electrons. The van der Waals surface area contributed by atoms with Crippen LogP contribution in [0.2, 0.25) is 0 Å². The van der Waals surface area contributed by atoms with Gasteiger partial charge in [0, 0.05) is 12.7 Å². The topological polar surface area (TPSA) is 12.0 Å². The van der Waals surface area contributed by atoms with Crippen LogP contribution in [0.3, 0.4) is 0 Å². The molecule has 0 heterocycles. The van der Waals surface area contributed by atoms with Gasteiger partial charge in [-0.05, 0) is 12.1 Å². The molecule has 0 aromatic heterocycles. The molecule has 1 rings (SSSR count). The van der Waals surface area contributed by atoms with Crippen LogP contribution in [-0.4, -0.2) is 7.05 Å². The SMILES string of the molecule is CNc1ccccc1.S. The summed E-state index contributed by atoms with van der Waals surface area (Å²) in [6.45, 7) is 0. The van der Waals surface area contributed by atoms with E-state index in [1.165, 1.54) is 0 Å². The third-order valence-electron chi connectivity index (χ3n) is 1.06. The third-order valence-corrected chi connectivity index (χ3v) is 1.06. The van der Waals surface area contributed by atoms with Crippen LogP contribution in [0.25, 0.3) is 0 Å². The minimum Gasteiger partial charge on any atom is -0.388 e. The first kappa shape index (κ1) is 8.37. The van der Waals surface area contributed by atoms with E-state index >= 15 is 0 Å². The molecule has 50 valence electrons. The van der Waals surface area contributed by atoms with E-state index in [9.17, 15) is 0 Å². The number of hydrogen-bond donors (Lipinski definition) is 1. The van der Waals surface area contributed by atoms with E-state index in [4.69, 9.17) is 0 Å². The Morgan fingerprint density at radius 3 is 2.00 bits per heavy atom. The molecule has 1 N–H and O–H groups in total. The second-order valence-electron chi connectivity index (χ2n) is 1.62. The fourth-order valence-corrected chi connectivity index (χ4v) is 0.605. The van der Waals surface area contributed by atoms with Gasteiger partial charge in [0.2, 0.25) is 0 Å². The quantitative estimate of drug-likeness (QED) is 0.629. The minimum atomic E-state index is 0. The lowest BCUT2D eigenvalue weighted by Gasteiger charge is -1.94. The monoisotopic (exact) mass is 141 g/mol. The summed E-state index contributed by atoms with van der Waals surface area (Å²) in [5.41, 5.74) is 1.16. The molecule has 0 aliphatic heterocycles. The largest absolute Gasteiger partial charge is 0.388 e. The molecule has 0 aliphatic carbocycles. The van der Waals surface area contributed by atoms with E-state index < -0.39 is 0 Å². The number of anilines is 1. The summed E-state index contributed by atoms with van der Waals surface area (Å²) in [4.78, 5) is 0. The molecule has 0 aliphatic rings. The van der Waals surface area contributed by atoms with Gasteiger partial charge in [0.05, 0.1) is 0 Å². The maximum atomic E-state index is 3.03. The van der Waals surface area contributed by atoms with Gasteiger partial charge < -0.3 is 5.32 Å². The Morgan fingerprint density at radius 1 is 1.11 bits per heavy atom. The predicted octanol–water partition coefficient (Wildman–Crippen LogP) is 1.84. The van der Waals surface area contributed by atoms with Gasteiger partial charge in [-0.15, -0.1) is 0 Å². The Hall–Kier alpha value is -0.630. The van der Waals surface area contributed by atoms with Gasteiger partial charge in [-0.25, -0.2) is 0 Å². The zero-order valence-electron chi connectivity index (χ0n) is 5.39. The number of hydrogen-bond acceptors (Lipinski definition) is 1. The highest BCUT2D eigenvalue weighted by Gasteiger charge is 1.77. The summed E-state index contributed by atoms with van der Waals surface area (Å²) < 4.78 is 0. The van der Waals surface area contributed by atoms with Crippen molar-refractivity contribution in [2.75, 3.05) is 12.4 Å². The van der Waals surface area contributed by atoms with Crippen LogP contribution in [0.1, 0.15) is 0 Å². The van der Waals surface area contributed by atoms with Crippen molar-refractivity contribution in [2.45, 2.75) is 0 Å². The highest BCUT2D eigenvalue weighted by molar-refractivity contribution is 7.59. The minimum absolute atomic E-state index is 0. The summed E-state index contributed by atoms with van der Waals surface area (Å²) in [6, 6.07) is 10.1. The van der Waals surface area contributed by atoms with Gasteiger partial charge in [0.1, 0.15) is 0 Å². The molecule has 0 spiro atoms. The lowest BCUT2D eigenvalue weighted by molar-refractivity contribution is 1.51. The summed E-state index contributed by atoms with van der Waals surface area (Å²) in [6.07, 6.45) is 0. The normalized spacial score (nSPS) is 7.67. The smallest absolute Gasteiger partial charge is 0.0337 e. The number of nitrogens with one attached hydrogen (secondary N) is 1. The lowest BCUT2D eigenvalue weighted by Crippen LogP contribution is -1.84. The summed E-state index contributed by atoms with van der Waals surface area (Å²) in [5.74, 6) is 0. The van der Waals surface area contributed by atoms with Crippen molar-refractivity contribution in [1.29, 1.82) is 0 Å². The molecule has 0 bridgehead atoms. The zero-order chi connectivity index (χ0) is 5.82. The van der Waals surface area contributed by atoms with Crippen molar-refractivity contribution >= 4 is 19.2 Å². The second kappa shape index (κ2) is 4.27. The molecule has 0 saturated carbocycles. The molecule has 2 heteroatoms. The Bertz CT molecular complexity index is 150. The van der Waals surface area contributed by atoms with Gasteiger partial charge in [-0.3, -0.25) is 0 Å². The number of benzene rings is 1. The molecule has 1 aromatic rings. The van der Waals surface area contributed by atoms with Gasteiger partial charge in [0.15, 0.2) is 0 Å². The zero-order valence-corrected chi connectivity index (χ0v) is 6.39. The van der Waals surface area contributed by atoms with E-state index in [1.807, 2.05) is 37.4 Å². The second-order valence-corrected chi connectivity index (χ2v) is 1.62. The first-order chi connectivity index (χ1) is 3.93. The maximum absolute atomic E-state index is 3.03. The van der Waals surface area contributed by atoms with E-state index in [2.05, 4.69) is 5.32 Å². The van der Waals surface area contributed by atoms with Crippen molar-refractivity contribution < 1.29 is 0 Å². The third kappa shape index (κ3) is 2.42. The van der Waals surface area contributed by atoms with Crippen LogP contribution in [0.4, 0.5) is 5.69 Å². The van der Waals surface area contributed by atoms with Crippen LogP contribution in [0, 0.1) is 0 Å².